The van der Waals surface area contributed by atoms with Crippen LogP contribution in [0.3, 0.4) is 0 Å². The molecule has 190 valence electrons. The van der Waals surface area contributed by atoms with E-state index in [9.17, 15) is 15.0 Å². The van der Waals surface area contributed by atoms with Crippen molar-refractivity contribution >= 4 is 5.91 Å². The summed E-state index contributed by atoms with van der Waals surface area (Å²) in [4.78, 5) is 12.1. The second-order valence-electron chi connectivity index (χ2n) is 9.47. The number of carbonyl (C=O) groups is 1. The third kappa shape index (κ3) is 21.0. The van der Waals surface area contributed by atoms with Crippen LogP contribution in [0.1, 0.15) is 142 Å². The van der Waals surface area contributed by atoms with E-state index in [0.29, 0.717) is 6.42 Å². The first-order valence-electron chi connectivity index (χ1n) is 13.9. The first-order chi connectivity index (χ1) is 15.7. The molecule has 32 heavy (non-hydrogen) atoms. The maximum Gasteiger partial charge on any atom is 0.220 e. The van der Waals surface area contributed by atoms with Crippen molar-refractivity contribution < 1.29 is 15.0 Å². The van der Waals surface area contributed by atoms with Gasteiger partial charge in [-0.3, -0.25) is 4.79 Å². The van der Waals surface area contributed by atoms with Crippen molar-refractivity contribution in [2.75, 3.05) is 6.61 Å². The summed E-state index contributed by atoms with van der Waals surface area (Å²) < 4.78 is 0. The molecule has 1 amide bonds. The fraction of sp³-hybridized carbons (Fsp3) is 0.893. The molecule has 0 bridgehead atoms. The van der Waals surface area contributed by atoms with Crippen LogP contribution >= 0.6 is 0 Å². The van der Waals surface area contributed by atoms with Gasteiger partial charge in [-0.05, 0) is 19.3 Å². The zero-order valence-corrected chi connectivity index (χ0v) is 21.5. The number of aliphatic hydroxyl groups excluding tert-OH is 2. The number of nitrogens with one attached hydrogen (secondary N) is 1. The summed E-state index contributed by atoms with van der Waals surface area (Å²) in [6, 6.07) is -0.610. The van der Waals surface area contributed by atoms with Crippen molar-refractivity contribution in [1.82, 2.24) is 5.32 Å². The number of amides is 1. The quantitative estimate of drug-likeness (QED) is 0.107. The third-order valence-electron chi connectivity index (χ3n) is 6.27. The molecule has 0 heterocycles. The van der Waals surface area contributed by atoms with Crippen molar-refractivity contribution in [2.24, 2.45) is 0 Å². The van der Waals surface area contributed by atoms with Crippen LogP contribution in [0.25, 0.3) is 0 Å². The molecule has 0 aliphatic heterocycles. The Morgan fingerprint density at radius 1 is 0.719 bits per heavy atom. The van der Waals surface area contributed by atoms with Gasteiger partial charge < -0.3 is 15.5 Å². The van der Waals surface area contributed by atoms with E-state index in [1.165, 1.54) is 96.3 Å². The van der Waals surface area contributed by atoms with Crippen LogP contribution < -0.4 is 5.32 Å². The molecule has 0 aromatic heterocycles. The van der Waals surface area contributed by atoms with Gasteiger partial charge in [-0.2, -0.15) is 0 Å². The number of allylic oxidation sites excluding steroid dienone is 1. The van der Waals surface area contributed by atoms with Crippen molar-refractivity contribution in [3.63, 3.8) is 0 Å². The number of rotatable bonds is 24. The molecular weight excluding hydrogens is 398 g/mol. The molecule has 0 aliphatic rings. The molecule has 0 fully saturated rings. The minimum Gasteiger partial charge on any atom is -0.394 e. The minimum atomic E-state index is -0.827. The lowest BCUT2D eigenvalue weighted by atomic mass is 10.0. The fourth-order valence-electron chi connectivity index (χ4n) is 4.06. The van der Waals surface area contributed by atoms with Crippen LogP contribution in [0.2, 0.25) is 0 Å². The van der Waals surface area contributed by atoms with Crippen LogP contribution in [-0.4, -0.2) is 34.9 Å². The maximum atomic E-state index is 12.1. The van der Waals surface area contributed by atoms with Gasteiger partial charge >= 0.3 is 0 Å². The predicted molar refractivity (Wildman–Crippen MR) is 138 cm³/mol. The van der Waals surface area contributed by atoms with Crippen LogP contribution in [-0.2, 0) is 4.79 Å². The van der Waals surface area contributed by atoms with E-state index in [1.54, 1.807) is 6.08 Å². The topological polar surface area (TPSA) is 69.6 Å². The molecule has 4 nitrogen and oxygen atoms in total. The maximum absolute atomic E-state index is 12.1. The molecule has 0 spiro atoms. The van der Waals surface area contributed by atoms with E-state index in [0.717, 1.165) is 25.7 Å². The summed E-state index contributed by atoms with van der Waals surface area (Å²) in [5.41, 5.74) is 0. The lowest BCUT2D eigenvalue weighted by molar-refractivity contribution is -0.123. The van der Waals surface area contributed by atoms with E-state index in [-0.39, 0.29) is 12.5 Å². The second kappa shape index (κ2) is 24.8. The standard InChI is InChI=1S/C28H55NO3/c1-3-5-7-9-10-11-12-13-14-15-16-17-18-20-22-24-28(32)29-26(25-30)27(31)23-21-19-8-6-4-2/h21,23,26-27,30-31H,3-20,22,24-25H2,1-2H3,(H,29,32)/b23-21+. The molecule has 0 saturated carbocycles. The van der Waals surface area contributed by atoms with Gasteiger partial charge in [0.25, 0.3) is 0 Å². The van der Waals surface area contributed by atoms with Crippen LogP contribution in [0.4, 0.5) is 0 Å². The summed E-state index contributed by atoms with van der Waals surface area (Å²) in [6.45, 7) is 4.19. The normalized spacial score (nSPS) is 13.5. The molecule has 3 N–H and O–H groups in total. The average molecular weight is 454 g/mol. The first-order valence-corrected chi connectivity index (χ1v) is 13.9. The number of hydrogen-bond donors (Lipinski definition) is 3. The largest absolute Gasteiger partial charge is 0.394 e. The highest BCUT2D eigenvalue weighted by Gasteiger charge is 2.17. The van der Waals surface area contributed by atoms with Crippen LogP contribution in [0.15, 0.2) is 12.2 Å². The SMILES string of the molecule is CCCCC/C=C/C(O)C(CO)NC(=O)CCCCCCCCCCCCCCCCC. The van der Waals surface area contributed by atoms with Gasteiger partial charge in [-0.25, -0.2) is 0 Å². The van der Waals surface area contributed by atoms with Crippen molar-refractivity contribution in [3.8, 4) is 0 Å². The number of unbranched alkanes of at least 4 members (excludes halogenated alkanes) is 17. The molecule has 0 aromatic rings. The van der Waals surface area contributed by atoms with E-state index in [4.69, 9.17) is 0 Å². The average Bonchev–Trinajstić information content (AvgIpc) is 2.79. The van der Waals surface area contributed by atoms with Gasteiger partial charge in [-0.1, -0.05) is 129 Å². The molecule has 0 rings (SSSR count). The van der Waals surface area contributed by atoms with Crippen LogP contribution in [0.5, 0.6) is 0 Å². The van der Waals surface area contributed by atoms with E-state index in [2.05, 4.69) is 19.2 Å². The number of aliphatic hydroxyl groups is 2. The molecular formula is C28H55NO3. The number of hydrogen-bond acceptors (Lipinski definition) is 3. The first kappa shape index (κ1) is 31.1. The molecule has 0 radical (unpaired) electrons. The fourth-order valence-corrected chi connectivity index (χ4v) is 4.06. The van der Waals surface area contributed by atoms with Crippen molar-refractivity contribution in [2.45, 2.75) is 154 Å². The molecule has 2 atom stereocenters. The van der Waals surface area contributed by atoms with Crippen LogP contribution in [0, 0.1) is 0 Å². The lowest BCUT2D eigenvalue weighted by Crippen LogP contribution is -2.45. The monoisotopic (exact) mass is 453 g/mol. The Hall–Kier alpha value is -0.870. The molecule has 2 unspecified atom stereocenters. The number of carbonyl (C=O) groups excluding carboxylic acids is 1. The third-order valence-corrected chi connectivity index (χ3v) is 6.27. The Balaban J connectivity index is 3.56. The predicted octanol–water partition coefficient (Wildman–Crippen LogP) is 7.22. The second-order valence-corrected chi connectivity index (χ2v) is 9.47. The molecule has 0 saturated heterocycles. The lowest BCUT2D eigenvalue weighted by Gasteiger charge is -2.20. The molecule has 0 aromatic carbocycles. The van der Waals surface area contributed by atoms with Gasteiger partial charge in [0.15, 0.2) is 0 Å². The summed E-state index contributed by atoms with van der Waals surface area (Å²) in [5, 5.41) is 22.4. The van der Waals surface area contributed by atoms with Crippen molar-refractivity contribution in [3.05, 3.63) is 12.2 Å². The summed E-state index contributed by atoms with van der Waals surface area (Å²) >= 11 is 0. The van der Waals surface area contributed by atoms with Gasteiger partial charge in [0.1, 0.15) is 0 Å². The van der Waals surface area contributed by atoms with Crippen molar-refractivity contribution in [1.29, 1.82) is 0 Å². The van der Waals surface area contributed by atoms with E-state index < -0.39 is 12.1 Å². The van der Waals surface area contributed by atoms with Gasteiger partial charge in [0.05, 0.1) is 18.8 Å². The highest BCUT2D eigenvalue weighted by Crippen LogP contribution is 2.13. The highest BCUT2D eigenvalue weighted by atomic mass is 16.3. The Bertz CT molecular complexity index is 425. The van der Waals surface area contributed by atoms with E-state index in [1.807, 2.05) is 6.08 Å². The Labute approximate surface area is 199 Å². The highest BCUT2D eigenvalue weighted by molar-refractivity contribution is 5.76. The zero-order chi connectivity index (χ0) is 23.7. The Morgan fingerprint density at radius 2 is 1.16 bits per heavy atom. The van der Waals surface area contributed by atoms with E-state index >= 15 is 0 Å². The summed E-state index contributed by atoms with van der Waals surface area (Å²) in [5.74, 6) is -0.0721. The summed E-state index contributed by atoms with van der Waals surface area (Å²) in [7, 11) is 0. The zero-order valence-electron chi connectivity index (χ0n) is 21.5. The Kier molecular flexibility index (Phi) is 24.1. The van der Waals surface area contributed by atoms with Gasteiger partial charge in [0.2, 0.25) is 5.91 Å². The smallest absolute Gasteiger partial charge is 0.220 e. The molecule has 4 heteroatoms. The van der Waals surface area contributed by atoms with Gasteiger partial charge in [-0.15, -0.1) is 0 Å². The minimum absolute atomic E-state index is 0.0721. The molecule has 0 aliphatic carbocycles. The van der Waals surface area contributed by atoms with Gasteiger partial charge in [0, 0.05) is 6.42 Å². The summed E-state index contributed by atoms with van der Waals surface area (Å²) in [6.07, 6.45) is 27.3. The Morgan fingerprint density at radius 3 is 1.62 bits per heavy atom.